The highest BCUT2D eigenvalue weighted by molar-refractivity contribution is 6.30. The fourth-order valence-corrected chi connectivity index (χ4v) is 2.27. The van der Waals surface area contributed by atoms with E-state index < -0.39 is 23.3 Å². The SMILES string of the molecule is COC(=O)[C@H](CC1=C2CC=CC=C2N=C1)NC(=O)C(C)Cl. The van der Waals surface area contributed by atoms with Crippen molar-refractivity contribution in [3.63, 3.8) is 0 Å². The van der Waals surface area contributed by atoms with Crippen molar-refractivity contribution < 1.29 is 14.3 Å². The average molecular weight is 309 g/mol. The molecule has 5 nitrogen and oxygen atoms in total. The van der Waals surface area contributed by atoms with Gasteiger partial charge in [0.25, 0.3) is 0 Å². The summed E-state index contributed by atoms with van der Waals surface area (Å²) < 4.78 is 4.75. The van der Waals surface area contributed by atoms with Gasteiger partial charge in [-0.05, 0) is 30.6 Å². The number of nitrogens with zero attached hydrogens (tertiary/aromatic N) is 1. The zero-order valence-electron chi connectivity index (χ0n) is 11.9. The Kier molecular flexibility index (Phi) is 4.96. The Morgan fingerprint density at radius 2 is 2.29 bits per heavy atom. The molecule has 2 atom stereocenters. The van der Waals surface area contributed by atoms with Crippen LogP contribution in [0.25, 0.3) is 0 Å². The minimum atomic E-state index is -0.761. The third kappa shape index (κ3) is 3.61. The number of amides is 1. The number of carbonyl (C=O) groups excluding carboxylic acids is 2. The van der Waals surface area contributed by atoms with Crippen molar-refractivity contribution in [1.29, 1.82) is 0 Å². The van der Waals surface area contributed by atoms with Crippen LogP contribution < -0.4 is 5.32 Å². The number of rotatable bonds is 5. The van der Waals surface area contributed by atoms with Crippen LogP contribution in [-0.4, -0.2) is 36.6 Å². The number of aliphatic imine (C=N–C) groups is 1. The number of carbonyl (C=O) groups is 2. The van der Waals surface area contributed by atoms with Gasteiger partial charge in [0.2, 0.25) is 5.91 Å². The maximum Gasteiger partial charge on any atom is 0.328 e. The van der Waals surface area contributed by atoms with E-state index in [-0.39, 0.29) is 0 Å². The highest BCUT2D eigenvalue weighted by Gasteiger charge is 2.27. The summed E-state index contributed by atoms with van der Waals surface area (Å²) >= 11 is 5.73. The standard InChI is InChI=1S/C15H17ClN2O3/c1-9(16)14(19)18-13(15(20)21-2)7-10-8-17-12-6-4-3-5-11(10)12/h3-4,6,8-9,13H,5,7H2,1-2H3,(H,18,19)/t9?,13-/m0/s1. The molecule has 21 heavy (non-hydrogen) atoms. The number of halogens is 1. The largest absolute Gasteiger partial charge is 0.467 e. The molecule has 0 saturated heterocycles. The van der Waals surface area contributed by atoms with Crippen molar-refractivity contribution in [2.75, 3.05) is 7.11 Å². The van der Waals surface area contributed by atoms with Crippen molar-refractivity contribution in [3.8, 4) is 0 Å². The van der Waals surface area contributed by atoms with Gasteiger partial charge in [-0.1, -0.05) is 12.2 Å². The molecule has 0 fully saturated rings. The average Bonchev–Trinajstić information content (AvgIpc) is 2.89. The van der Waals surface area contributed by atoms with E-state index in [9.17, 15) is 9.59 Å². The van der Waals surface area contributed by atoms with Crippen molar-refractivity contribution in [1.82, 2.24) is 5.32 Å². The van der Waals surface area contributed by atoms with Gasteiger partial charge in [-0.25, -0.2) is 4.79 Å². The molecule has 1 unspecified atom stereocenters. The highest BCUT2D eigenvalue weighted by Crippen LogP contribution is 2.30. The Bertz CT molecular complexity index is 573. The van der Waals surface area contributed by atoms with Gasteiger partial charge >= 0.3 is 5.97 Å². The monoisotopic (exact) mass is 308 g/mol. The number of hydrogen-bond acceptors (Lipinski definition) is 4. The summed E-state index contributed by atoms with van der Waals surface area (Å²) in [6.07, 6.45) is 8.75. The lowest BCUT2D eigenvalue weighted by molar-refractivity contribution is -0.144. The molecular formula is C15H17ClN2O3. The molecule has 0 aromatic rings. The lowest BCUT2D eigenvalue weighted by atomic mass is 9.96. The summed E-state index contributed by atoms with van der Waals surface area (Å²) in [4.78, 5) is 27.9. The Labute approximate surface area is 128 Å². The molecule has 0 spiro atoms. The second kappa shape index (κ2) is 6.72. The van der Waals surface area contributed by atoms with E-state index in [2.05, 4.69) is 10.3 Å². The molecule has 1 heterocycles. The molecular weight excluding hydrogens is 292 g/mol. The summed E-state index contributed by atoms with van der Waals surface area (Å²) in [5.41, 5.74) is 2.93. The number of ether oxygens (including phenoxy) is 1. The fourth-order valence-electron chi connectivity index (χ4n) is 2.21. The molecule has 1 N–H and O–H groups in total. The third-order valence-corrected chi connectivity index (χ3v) is 3.55. The number of alkyl halides is 1. The zero-order chi connectivity index (χ0) is 15.4. The maximum atomic E-state index is 11.8. The van der Waals surface area contributed by atoms with Crippen LogP contribution in [0.2, 0.25) is 0 Å². The van der Waals surface area contributed by atoms with Crippen molar-refractivity contribution in [2.45, 2.75) is 31.2 Å². The first kappa shape index (κ1) is 15.5. The van der Waals surface area contributed by atoms with Gasteiger partial charge in [-0.15, -0.1) is 11.6 Å². The summed E-state index contributed by atoms with van der Waals surface area (Å²) in [6.45, 7) is 1.55. The van der Waals surface area contributed by atoms with E-state index in [0.717, 1.165) is 23.3 Å². The van der Waals surface area contributed by atoms with Gasteiger partial charge in [0.05, 0.1) is 12.8 Å². The van der Waals surface area contributed by atoms with Crippen LogP contribution in [0.5, 0.6) is 0 Å². The van der Waals surface area contributed by atoms with Crippen LogP contribution in [0, 0.1) is 0 Å². The first-order valence-corrected chi connectivity index (χ1v) is 7.12. The summed E-state index contributed by atoms with van der Waals surface area (Å²) in [6, 6.07) is -0.761. The van der Waals surface area contributed by atoms with Gasteiger partial charge in [0.15, 0.2) is 0 Å². The lowest BCUT2D eigenvalue weighted by Crippen LogP contribution is -2.44. The number of hydrogen-bond donors (Lipinski definition) is 1. The van der Waals surface area contributed by atoms with E-state index >= 15 is 0 Å². The van der Waals surface area contributed by atoms with E-state index in [1.807, 2.05) is 18.2 Å². The zero-order valence-corrected chi connectivity index (χ0v) is 12.7. The van der Waals surface area contributed by atoms with Crippen molar-refractivity contribution >= 4 is 29.7 Å². The van der Waals surface area contributed by atoms with Crippen LogP contribution >= 0.6 is 11.6 Å². The molecule has 0 aromatic carbocycles. The Hall–Kier alpha value is -1.88. The normalized spacial score (nSPS) is 18.9. The van der Waals surface area contributed by atoms with Crippen LogP contribution in [-0.2, 0) is 14.3 Å². The number of nitrogens with one attached hydrogen (secondary N) is 1. The molecule has 0 aromatic heterocycles. The van der Waals surface area contributed by atoms with E-state index in [0.29, 0.717) is 6.42 Å². The molecule has 0 radical (unpaired) electrons. The summed E-state index contributed by atoms with van der Waals surface area (Å²) in [5, 5.41) is 1.90. The molecule has 1 aliphatic heterocycles. The molecule has 1 aliphatic carbocycles. The van der Waals surface area contributed by atoms with Crippen LogP contribution in [0.15, 0.2) is 40.1 Å². The van der Waals surface area contributed by atoms with Crippen molar-refractivity contribution in [3.05, 3.63) is 35.1 Å². The van der Waals surface area contributed by atoms with Gasteiger partial charge in [-0.2, -0.15) is 0 Å². The summed E-state index contributed by atoms with van der Waals surface area (Å²) in [7, 11) is 1.29. The predicted molar refractivity (Wildman–Crippen MR) is 81.2 cm³/mol. The van der Waals surface area contributed by atoms with Gasteiger partial charge < -0.3 is 10.1 Å². The Balaban J connectivity index is 2.14. The molecule has 2 rings (SSSR count). The van der Waals surface area contributed by atoms with E-state index in [1.54, 1.807) is 13.1 Å². The van der Waals surface area contributed by atoms with Gasteiger partial charge in [-0.3, -0.25) is 9.79 Å². The topological polar surface area (TPSA) is 67.8 Å². The quantitative estimate of drug-likeness (QED) is 0.623. The maximum absolute atomic E-state index is 11.8. The second-order valence-electron chi connectivity index (χ2n) is 4.85. The first-order valence-electron chi connectivity index (χ1n) is 6.68. The first-order chi connectivity index (χ1) is 10.0. The minimum Gasteiger partial charge on any atom is -0.467 e. The molecule has 0 saturated carbocycles. The molecule has 112 valence electrons. The van der Waals surface area contributed by atoms with E-state index in [4.69, 9.17) is 16.3 Å². The second-order valence-corrected chi connectivity index (χ2v) is 5.51. The number of fused-ring (bicyclic) bond motifs is 1. The molecule has 1 amide bonds. The van der Waals surface area contributed by atoms with E-state index in [1.165, 1.54) is 7.11 Å². The number of methoxy groups -OCH3 is 1. The minimum absolute atomic E-state index is 0.339. The van der Waals surface area contributed by atoms with Crippen molar-refractivity contribution in [2.24, 2.45) is 4.99 Å². The molecule has 2 aliphatic rings. The molecule has 6 heteroatoms. The highest BCUT2D eigenvalue weighted by atomic mass is 35.5. The lowest BCUT2D eigenvalue weighted by Gasteiger charge is -2.18. The smallest absolute Gasteiger partial charge is 0.328 e. The number of esters is 1. The third-order valence-electron chi connectivity index (χ3n) is 3.36. The fraction of sp³-hybridized carbons (Fsp3) is 0.400. The van der Waals surface area contributed by atoms with Crippen LogP contribution in [0.1, 0.15) is 19.8 Å². The Morgan fingerprint density at radius 3 is 2.95 bits per heavy atom. The van der Waals surface area contributed by atoms with Crippen LogP contribution in [0.3, 0.4) is 0 Å². The molecule has 0 bridgehead atoms. The predicted octanol–water partition coefficient (Wildman–Crippen LogP) is 1.89. The van der Waals surface area contributed by atoms with Gasteiger partial charge in [0, 0.05) is 12.6 Å². The summed E-state index contributed by atoms with van der Waals surface area (Å²) in [5.74, 6) is -0.891. The van der Waals surface area contributed by atoms with Crippen LogP contribution in [0.4, 0.5) is 0 Å². The van der Waals surface area contributed by atoms with Gasteiger partial charge in [0.1, 0.15) is 11.4 Å². The number of allylic oxidation sites excluding steroid dienone is 4. The Morgan fingerprint density at radius 1 is 1.52 bits per heavy atom.